The standard InChI is InChI=1S/C12H14N2/c1-9-7-10-5-3-4-6-11(10)14(2)12(9)8-13/h3-6,9,12H,7H2,1-2H3/t9-,12-/m1/s1. The summed E-state index contributed by atoms with van der Waals surface area (Å²) in [6.45, 7) is 2.14. The van der Waals surface area contributed by atoms with Crippen molar-refractivity contribution in [2.24, 2.45) is 5.92 Å². The first-order chi connectivity index (χ1) is 6.74. The first kappa shape index (κ1) is 9.08. The van der Waals surface area contributed by atoms with E-state index in [1.165, 1.54) is 11.3 Å². The number of anilines is 1. The number of hydrogen-bond acceptors (Lipinski definition) is 2. The summed E-state index contributed by atoms with van der Waals surface area (Å²) >= 11 is 0. The summed E-state index contributed by atoms with van der Waals surface area (Å²) in [5, 5.41) is 9.07. The summed E-state index contributed by atoms with van der Waals surface area (Å²) < 4.78 is 0. The van der Waals surface area contributed by atoms with Gasteiger partial charge in [0.05, 0.1) is 6.07 Å². The molecule has 14 heavy (non-hydrogen) atoms. The zero-order chi connectivity index (χ0) is 10.1. The maximum atomic E-state index is 9.07. The summed E-state index contributed by atoms with van der Waals surface area (Å²) in [6, 6.07) is 10.7. The Hall–Kier alpha value is -1.49. The van der Waals surface area contributed by atoms with E-state index in [4.69, 9.17) is 5.26 Å². The number of nitrogens with zero attached hydrogens (tertiary/aromatic N) is 2. The van der Waals surface area contributed by atoms with E-state index in [2.05, 4.69) is 36.1 Å². The number of hydrogen-bond donors (Lipinski definition) is 0. The van der Waals surface area contributed by atoms with Crippen LogP contribution in [0.2, 0.25) is 0 Å². The van der Waals surface area contributed by atoms with Gasteiger partial charge < -0.3 is 4.90 Å². The van der Waals surface area contributed by atoms with E-state index >= 15 is 0 Å². The SMILES string of the molecule is C[C@@H]1Cc2ccccc2N(C)[C@@H]1C#N. The van der Waals surface area contributed by atoms with Crippen molar-refractivity contribution >= 4 is 5.69 Å². The molecule has 72 valence electrons. The van der Waals surface area contributed by atoms with E-state index in [0.29, 0.717) is 5.92 Å². The van der Waals surface area contributed by atoms with Crippen molar-refractivity contribution in [1.82, 2.24) is 0 Å². The summed E-state index contributed by atoms with van der Waals surface area (Å²) in [4.78, 5) is 2.09. The molecule has 1 aliphatic rings. The number of para-hydroxylation sites is 1. The van der Waals surface area contributed by atoms with Crippen LogP contribution in [0.1, 0.15) is 12.5 Å². The Morgan fingerprint density at radius 2 is 2.14 bits per heavy atom. The lowest BCUT2D eigenvalue weighted by Gasteiger charge is -2.36. The molecule has 1 aromatic rings. The number of nitriles is 1. The summed E-state index contributed by atoms with van der Waals surface area (Å²) in [6.07, 6.45) is 1.01. The molecule has 0 unspecified atom stereocenters. The topological polar surface area (TPSA) is 27.0 Å². The van der Waals surface area contributed by atoms with Crippen LogP contribution in [0.4, 0.5) is 5.69 Å². The zero-order valence-electron chi connectivity index (χ0n) is 8.57. The Bertz CT molecular complexity index is 378. The molecule has 2 rings (SSSR count). The van der Waals surface area contributed by atoms with Gasteiger partial charge in [-0.05, 0) is 24.0 Å². The van der Waals surface area contributed by atoms with E-state index in [-0.39, 0.29) is 6.04 Å². The van der Waals surface area contributed by atoms with E-state index in [1.807, 2.05) is 13.1 Å². The molecule has 0 saturated heterocycles. The molecule has 0 spiro atoms. The van der Waals surface area contributed by atoms with Crippen LogP contribution in [-0.4, -0.2) is 13.1 Å². The maximum Gasteiger partial charge on any atom is 0.119 e. The van der Waals surface area contributed by atoms with E-state index in [1.54, 1.807) is 0 Å². The van der Waals surface area contributed by atoms with Crippen LogP contribution < -0.4 is 4.90 Å². The van der Waals surface area contributed by atoms with Crippen molar-refractivity contribution in [3.8, 4) is 6.07 Å². The third-order valence-corrected chi connectivity index (χ3v) is 3.00. The monoisotopic (exact) mass is 186 g/mol. The molecular weight excluding hydrogens is 172 g/mol. The lowest BCUT2D eigenvalue weighted by Crippen LogP contribution is -2.40. The molecular formula is C12H14N2. The number of rotatable bonds is 0. The molecule has 0 amide bonds. The van der Waals surface area contributed by atoms with Crippen LogP contribution in [-0.2, 0) is 6.42 Å². The van der Waals surface area contributed by atoms with Gasteiger partial charge in [0.2, 0.25) is 0 Å². The van der Waals surface area contributed by atoms with Crippen molar-refractivity contribution < 1.29 is 0 Å². The molecule has 2 atom stereocenters. The molecule has 0 saturated carbocycles. The van der Waals surface area contributed by atoms with Gasteiger partial charge in [-0.1, -0.05) is 25.1 Å². The molecule has 0 aliphatic carbocycles. The maximum absolute atomic E-state index is 9.07. The Labute approximate surface area is 84.8 Å². The lowest BCUT2D eigenvalue weighted by atomic mass is 9.88. The van der Waals surface area contributed by atoms with Gasteiger partial charge in [-0.15, -0.1) is 0 Å². The fourth-order valence-corrected chi connectivity index (χ4v) is 2.23. The number of fused-ring (bicyclic) bond motifs is 1. The average molecular weight is 186 g/mol. The summed E-state index contributed by atoms with van der Waals surface area (Å²) in [7, 11) is 2.00. The van der Waals surface area contributed by atoms with Gasteiger partial charge in [0.15, 0.2) is 0 Å². The van der Waals surface area contributed by atoms with Crippen LogP contribution in [0, 0.1) is 17.2 Å². The predicted octanol–water partition coefficient (Wildman–Crippen LogP) is 2.21. The molecule has 1 heterocycles. The molecule has 0 fully saturated rings. The third-order valence-electron chi connectivity index (χ3n) is 3.00. The van der Waals surface area contributed by atoms with Gasteiger partial charge in [0.25, 0.3) is 0 Å². The molecule has 1 aliphatic heterocycles. The van der Waals surface area contributed by atoms with Gasteiger partial charge in [-0.2, -0.15) is 5.26 Å². The second-order valence-corrected chi connectivity index (χ2v) is 3.99. The molecule has 2 heteroatoms. The van der Waals surface area contributed by atoms with Gasteiger partial charge >= 0.3 is 0 Å². The molecule has 0 aromatic heterocycles. The third kappa shape index (κ3) is 1.26. The van der Waals surface area contributed by atoms with E-state index < -0.39 is 0 Å². The van der Waals surface area contributed by atoms with Crippen LogP contribution >= 0.6 is 0 Å². The smallest absolute Gasteiger partial charge is 0.119 e. The first-order valence-corrected chi connectivity index (χ1v) is 4.94. The first-order valence-electron chi connectivity index (χ1n) is 4.94. The highest BCUT2D eigenvalue weighted by Crippen LogP contribution is 2.31. The van der Waals surface area contributed by atoms with Gasteiger partial charge in [-0.25, -0.2) is 0 Å². The Morgan fingerprint density at radius 3 is 2.86 bits per heavy atom. The van der Waals surface area contributed by atoms with Gasteiger partial charge in [0.1, 0.15) is 6.04 Å². The fourth-order valence-electron chi connectivity index (χ4n) is 2.23. The molecule has 1 aromatic carbocycles. The Morgan fingerprint density at radius 1 is 1.43 bits per heavy atom. The fraction of sp³-hybridized carbons (Fsp3) is 0.417. The summed E-state index contributed by atoms with van der Waals surface area (Å²) in [5.41, 5.74) is 2.56. The average Bonchev–Trinajstić information content (AvgIpc) is 2.18. The van der Waals surface area contributed by atoms with Crippen molar-refractivity contribution in [2.45, 2.75) is 19.4 Å². The van der Waals surface area contributed by atoms with Gasteiger partial charge in [-0.3, -0.25) is 0 Å². The number of benzene rings is 1. The van der Waals surface area contributed by atoms with E-state index in [9.17, 15) is 0 Å². The molecule has 0 bridgehead atoms. The molecule has 2 nitrogen and oxygen atoms in total. The van der Waals surface area contributed by atoms with Crippen molar-refractivity contribution in [3.63, 3.8) is 0 Å². The van der Waals surface area contributed by atoms with Gasteiger partial charge in [0, 0.05) is 12.7 Å². The normalized spacial score (nSPS) is 25.4. The van der Waals surface area contributed by atoms with Crippen LogP contribution in [0.3, 0.4) is 0 Å². The quantitative estimate of drug-likeness (QED) is 0.621. The minimum atomic E-state index is 0.0184. The van der Waals surface area contributed by atoms with Crippen molar-refractivity contribution in [2.75, 3.05) is 11.9 Å². The van der Waals surface area contributed by atoms with Crippen molar-refractivity contribution in [3.05, 3.63) is 29.8 Å². The van der Waals surface area contributed by atoms with Crippen molar-refractivity contribution in [1.29, 1.82) is 5.26 Å². The highest BCUT2D eigenvalue weighted by Gasteiger charge is 2.28. The Kier molecular flexibility index (Phi) is 2.17. The van der Waals surface area contributed by atoms with E-state index in [0.717, 1.165) is 6.42 Å². The lowest BCUT2D eigenvalue weighted by molar-refractivity contribution is 0.484. The molecule has 0 radical (unpaired) electrons. The highest BCUT2D eigenvalue weighted by molar-refractivity contribution is 5.57. The van der Waals surface area contributed by atoms with Crippen LogP contribution in [0.25, 0.3) is 0 Å². The second-order valence-electron chi connectivity index (χ2n) is 3.99. The van der Waals surface area contributed by atoms with Crippen LogP contribution in [0.15, 0.2) is 24.3 Å². The largest absolute Gasteiger partial charge is 0.358 e. The zero-order valence-corrected chi connectivity index (χ0v) is 8.57. The second kappa shape index (κ2) is 3.34. The van der Waals surface area contributed by atoms with Crippen LogP contribution in [0.5, 0.6) is 0 Å². The Balaban J connectivity index is 2.44. The highest BCUT2D eigenvalue weighted by atomic mass is 15.1. The molecule has 0 N–H and O–H groups in total. The predicted molar refractivity (Wildman–Crippen MR) is 57.1 cm³/mol. The minimum absolute atomic E-state index is 0.0184. The minimum Gasteiger partial charge on any atom is -0.358 e. The summed E-state index contributed by atoms with van der Waals surface area (Å²) in [5.74, 6) is 0.417.